The van der Waals surface area contributed by atoms with Crippen LogP contribution < -0.4 is 10.3 Å². The molecule has 0 radical (unpaired) electrons. The lowest BCUT2D eigenvalue weighted by molar-refractivity contribution is 0.0631. The van der Waals surface area contributed by atoms with E-state index in [1.807, 2.05) is 0 Å². The van der Waals surface area contributed by atoms with Crippen molar-refractivity contribution >= 4 is 5.91 Å². The Bertz CT molecular complexity index is 760. The minimum absolute atomic E-state index is 0.0533. The molecule has 3 rings (SSSR count). The first-order valence-corrected chi connectivity index (χ1v) is 7.84. The van der Waals surface area contributed by atoms with Crippen LogP contribution in [0.5, 0.6) is 5.75 Å². The minimum atomic E-state index is -0.431. The molecule has 24 heavy (non-hydrogen) atoms. The van der Waals surface area contributed by atoms with Gasteiger partial charge in [-0.05, 0) is 37.1 Å². The van der Waals surface area contributed by atoms with E-state index in [4.69, 9.17) is 4.74 Å². The van der Waals surface area contributed by atoms with Crippen LogP contribution in [0.25, 0.3) is 0 Å². The molecule has 1 aromatic heterocycles. The fourth-order valence-corrected chi connectivity index (χ4v) is 2.80. The maximum absolute atomic E-state index is 12.9. The summed E-state index contributed by atoms with van der Waals surface area (Å²) in [6, 6.07) is 5.86. The Morgan fingerprint density at radius 2 is 2.17 bits per heavy atom. The number of ether oxygens (including phenoxy) is 1. The number of hydrogen-bond acceptors (Lipinski definition) is 4. The lowest BCUT2D eigenvalue weighted by atomic mass is 9.98. The van der Waals surface area contributed by atoms with E-state index in [9.17, 15) is 14.0 Å². The number of nitrogens with one attached hydrogen (secondary N) is 1. The first-order valence-electron chi connectivity index (χ1n) is 7.84. The van der Waals surface area contributed by atoms with Crippen LogP contribution >= 0.6 is 0 Å². The first kappa shape index (κ1) is 16.2. The standard InChI is InChI=1S/C17H18FN3O3/c18-13-3-5-14(6-4-13)24-10-12-2-1-7-21(9-12)17(23)15-8-19-11-20-16(15)22/h3-6,8,11-12H,1-2,7,9-10H2,(H,19,20,22). The number of rotatable bonds is 4. The number of likely N-dealkylation sites (tertiary alicyclic amines) is 1. The quantitative estimate of drug-likeness (QED) is 0.927. The summed E-state index contributed by atoms with van der Waals surface area (Å²) in [7, 11) is 0. The van der Waals surface area contributed by atoms with Gasteiger partial charge in [0.1, 0.15) is 17.1 Å². The molecule has 0 spiro atoms. The Labute approximate surface area is 138 Å². The van der Waals surface area contributed by atoms with Crippen LogP contribution in [0.2, 0.25) is 0 Å². The van der Waals surface area contributed by atoms with E-state index in [1.54, 1.807) is 17.0 Å². The molecule has 0 bridgehead atoms. The third kappa shape index (κ3) is 3.79. The van der Waals surface area contributed by atoms with Crippen LogP contribution in [0.1, 0.15) is 23.2 Å². The fraction of sp³-hybridized carbons (Fsp3) is 0.353. The number of hydrogen-bond donors (Lipinski definition) is 1. The molecular weight excluding hydrogens is 313 g/mol. The van der Waals surface area contributed by atoms with E-state index in [0.29, 0.717) is 25.4 Å². The molecule has 126 valence electrons. The lowest BCUT2D eigenvalue weighted by Crippen LogP contribution is -2.43. The third-order valence-electron chi connectivity index (χ3n) is 4.05. The second-order valence-corrected chi connectivity index (χ2v) is 5.82. The molecular formula is C17H18FN3O3. The van der Waals surface area contributed by atoms with Gasteiger partial charge in [0.15, 0.2) is 0 Å². The van der Waals surface area contributed by atoms with E-state index in [1.165, 1.54) is 24.7 Å². The molecule has 1 amide bonds. The average Bonchev–Trinajstić information content (AvgIpc) is 2.61. The van der Waals surface area contributed by atoms with Crippen LogP contribution in [-0.4, -0.2) is 40.5 Å². The molecule has 1 fully saturated rings. The number of halogens is 1. The van der Waals surface area contributed by atoms with Crippen molar-refractivity contribution in [3.63, 3.8) is 0 Å². The fourth-order valence-electron chi connectivity index (χ4n) is 2.80. The van der Waals surface area contributed by atoms with Gasteiger partial charge in [-0.1, -0.05) is 0 Å². The number of benzene rings is 1. The molecule has 2 heterocycles. The number of aromatic amines is 1. The highest BCUT2D eigenvalue weighted by molar-refractivity contribution is 5.93. The van der Waals surface area contributed by atoms with E-state index in [2.05, 4.69) is 9.97 Å². The smallest absolute Gasteiger partial charge is 0.263 e. The van der Waals surface area contributed by atoms with Crippen LogP contribution in [0, 0.1) is 11.7 Å². The zero-order chi connectivity index (χ0) is 16.9. The highest BCUT2D eigenvalue weighted by Crippen LogP contribution is 2.20. The number of nitrogens with zero attached hydrogens (tertiary/aromatic N) is 2. The van der Waals surface area contributed by atoms with Crippen molar-refractivity contribution in [1.29, 1.82) is 0 Å². The van der Waals surface area contributed by atoms with Crippen molar-refractivity contribution < 1.29 is 13.9 Å². The molecule has 6 nitrogen and oxygen atoms in total. The molecule has 7 heteroatoms. The number of carbonyl (C=O) groups excluding carboxylic acids is 1. The largest absolute Gasteiger partial charge is 0.493 e. The Morgan fingerprint density at radius 3 is 2.92 bits per heavy atom. The molecule has 1 aliphatic heterocycles. The van der Waals surface area contributed by atoms with E-state index in [0.717, 1.165) is 12.8 Å². The van der Waals surface area contributed by atoms with Gasteiger partial charge in [-0.15, -0.1) is 0 Å². The van der Waals surface area contributed by atoms with Gasteiger partial charge in [0.2, 0.25) is 0 Å². The molecule has 1 N–H and O–H groups in total. The highest BCUT2D eigenvalue weighted by atomic mass is 19.1. The summed E-state index contributed by atoms with van der Waals surface area (Å²) < 4.78 is 18.6. The maximum Gasteiger partial charge on any atom is 0.263 e. The summed E-state index contributed by atoms with van der Waals surface area (Å²) in [5, 5.41) is 0. The summed E-state index contributed by atoms with van der Waals surface area (Å²) in [6.45, 7) is 1.58. The summed E-state index contributed by atoms with van der Waals surface area (Å²) in [6.07, 6.45) is 4.34. The maximum atomic E-state index is 12.9. The highest BCUT2D eigenvalue weighted by Gasteiger charge is 2.26. The number of H-pyrrole nitrogens is 1. The first-order chi connectivity index (χ1) is 11.6. The SMILES string of the molecule is O=C(c1cnc[nH]c1=O)N1CCCC(COc2ccc(F)cc2)C1. The van der Waals surface area contributed by atoms with Crippen molar-refractivity contribution in [2.75, 3.05) is 19.7 Å². The van der Waals surface area contributed by atoms with Crippen LogP contribution in [-0.2, 0) is 0 Å². The van der Waals surface area contributed by atoms with Gasteiger partial charge in [0.25, 0.3) is 11.5 Å². The average molecular weight is 331 g/mol. The van der Waals surface area contributed by atoms with E-state index in [-0.39, 0.29) is 23.2 Å². The zero-order valence-electron chi connectivity index (χ0n) is 13.1. The minimum Gasteiger partial charge on any atom is -0.493 e. The molecule has 2 aromatic rings. The number of amides is 1. The van der Waals surface area contributed by atoms with Crippen LogP contribution in [0.3, 0.4) is 0 Å². The normalized spacial score (nSPS) is 17.5. The number of piperidine rings is 1. The topological polar surface area (TPSA) is 75.3 Å². The summed E-state index contributed by atoms with van der Waals surface area (Å²) >= 11 is 0. The van der Waals surface area contributed by atoms with Gasteiger partial charge >= 0.3 is 0 Å². The van der Waals surface area contributed by atoms with Crippen molar-refractivity contribution in [3.05, 3.63) is 58.5 Å². The second kappa shape index (κ2) is 7.25. The summed E-state index contributed by atoms with van der Waals surface area (Å²) in [4.78, 5) is 32.1. The molecule has 1 aliphatic rings. The number of carbonyl (C=O) groups is 1. The Morgan fingerprint density at radius 1 is 1.38 bits per heavy atom. The van der Waals surface area contributed by atoms with Crippen molar-refractivity contribution in [3.8, 4) is 5.75 Å². The van der Waals surface area contributed by atoms with Gasteiger partial charge < -0.3 is 14.6 Å². The monoisotopic (exact) mass is 331 g/mol. The Balaban J connectivity index is 1.60. The Hall–Kier alpha value is -2.70. The third-order valence-corrected chi connectivity index (χ3v) is 4.05. The molecule has 1 unspecified atom stereocenters. The van der Waals surface area contributed by atoms with Crippen LogP contribution in [0.15, 0.2) is 41.6 Å². The molecule has 1 atom stereocenters. The predicted octanol–water partition coefficient (Wildman–Crippen LogP) is 1.84. The van der Waals surface area contributed by atoms with Crippen molar-refractivity contribution in [2.24, 2.45) is 5.92 Å². The molecule has 1 aromatic carbocycles. The van der Waals surface area contributed by atoms with E-state index >= 15 is 0 Å². The molecule has 1 saturated heterocycles. The zero-order valence-corrected chi connectivity index (χ0v) is 13.1. The van der Waals surface area contributed by atoms with Gasteiger partial charge in [0, 0.05) is 25.2 Å². The number of aromatic nitrogens is 2. The second-order valence-electron chi connectivity index (χ2n) is 5.82. The Kier molecular flexibility index (Phi) is 4.88. The molecule has 0 saturated carbocycles. The van der Waals surface area contributed by atoms with Crippen molar-refractivity contribution in [2.45, 2.75) is 12.8 Å². The van der Waals surface area contributed by atoms with Gasteiger partial charge in [-0.3, -0.25) is 9.59 Å². The van der Waals surface area contributed by atoms with Crippen molar-refractivity contribution in [1.82, 2.24) is 14.9 Å². The van der Waals surface area contributed by atoms with Gasteiger partial charge in [-0.25, -0.2) is 9.37 Å². The van der Waals surface area contributed by atoms with E-state index < -0.39 is 5.56 Å². The van der Waals surface area contributed by atoms with Crippen LogP contribution in [0.4, 0.5) is 4.39 Å². The lowest BCUT2D eigenvalue weighted by Gasteiger charge is -2.32. The van der Waals surface area contributed by atoms with Gasteiger partial charge in [0.05, 0.1) is 12.9 Å². The summed E-state index contributed by atoms with van der Waals surface area (Å²) in [5.74, 6) is 0.154. The summed E-state index contributed by atoms with van der Waals surface area (Å²) in [5.41, 5.74) is -0.378. The van der Waals surface area contributed by atoms with Gasteiger partial charge in [-0.2, -0.15) is 0 Å². The predicted molar refractivity (Wildman–Crippen MR) is 85.4 cm³/mol. The molecule has 0 aliphatic carbocycles.